The molecule has 0 atom stereocenters. The summed E-state index contributed by atoms with van der Waals surface area (Å²) in [5, 5.41) is 20.7. The van der Waals surface area contributed by atoms with Gasteiger partial charge in [0.05, 0.1) is 10.5 Å². The first-order valence-electron chi connectivity index (χ1n) is 5.61. The second-order valence-electron chi connectivity index (χ2n) is 4.08. The number of carbonyl (C=O) groups excluding carboxylic acids is 1. The molecular formula is C14H11NO4. The number of phenolic OH excluding ortho intramolecular Hbond substituents is 1. The van der Waals surface area contributed by atoms with Crippen LogP contribution in [0.5, 0.6) is 5.75 Å². The van der Waals surface area contributed by atoms with Crippen LogP contribution in [0.3, 0.4) is 0 Å². The summed E-state index contributed by atoms with van der Waals surface area (Å²) >= 11 is 0. The van der Waals surface area contributed by atoms with Gasteiger partial charge in [-0.05, 0) is 5.56 Å². The summed E-state index contributed by atoms with van der Waals surface area (Å²) in [4.78, 5) is 21.0. The van der Waals surface area contributed by atoms with Gasteiger partial charge in [-0.15, -0.1) is 0 Å². The summed E-state index contributed by atoms with van der Waals surface area (Å²) in [5.41, 5.74) is 0.989. The summed E-state index contributed by atoms with van der Waals surface area (Å²) in [7, 11) is 0. The van der Waals surface area contributed by atoms with Crippen molar-refractivity contribution >= 4 is 12.0 Å². The van der Waals surface area contributed by atoms with Gasteiger partial charge in [-0.25, -0.2) is 0 Å². The first kappa shape index (κ1) is 12.8. The highest BCUT2D eigenvalue weighted by Crippen LogP contribution is 2.29. The number of phenols is 1. The van der Waals surface area contributed by atoms with Crippen LogP contribution in [0.15, 0.2) is 42.5 Å². The zero-order chi connectivity index (χ0) is 13.8. The van der Waals surface area contributed by atoms with Crippen LogP contribution in [-0.2, 0) is 6.42 Å². The Bertz CT molecular complexity index is 623. The van der Waals surface area contributed by atoms with E-state index in [1.165, 1.54) is 6.07 Å². The fraction of sp³-hybridized carbons (Fsp3) is 0.0714. The van der Waals surface area contributed by atoms with E-state index in [9.17, 15) is 20.0 Å². The molecule has 2 aromatic carbocycles. The predicted octanol–water partition coefficient (Wildman–Crippen LogP) is 2.70. The van der Waals surface area contributed by atoms with Crippen LogP contribution in [-0.4, -0.2) is 16.3 Å². The molecule has 0 saturated heterocycles. The molecule has 2 aromatic rings. The molecule has 0 aliphatic carbocycles. The molecule has 0 fully saturated rings. The second kappa shape index (κ2) is 5.30. The van der Waals surface area contributed by atoms with Crippen LogP contribution in [0.25, 0.3) is 0 Å². The third-order valence-corrected chi connectivity index (χ3v) is 2.78. The van der Waals surface area contributed by atoms with Gasteiger partial charge in [0.15, 0.2) is 6.29 Å². The van der Waals surface area contributed by atoms with Crippen molar-refractivity contribution in [2.75, 3.05) is 0 Å². The number of benzene rings is 2. The van der Waals surface area contributed by atoms with E-state index in [1.807, 2.05) is 30.3 Å². The van der Waals surface area contributed by atoms with Crippen molar-refractivity contribution in [3.05, 3.63) is 69.3 Å². The monoisotopic (exact) mass is 257 g/mol. The number of carbonyl (C=O) groups is 1. The molecule has 0 unspecified atom stereocenters. The van der Waals surface area contributed by atoms with E-state index in [0.717, 1.165) is 11.6 Å². The van der Waals surface area contributed by atoms with Gasteiger partial charge in [0.1, 0.15) is 5.75 Å². The predicted molar refractivity (Wildman–Crippen MR) is 69.4 cm³/mol. The molecule has 0 aliphatic heterocycles. The fourth-order valence-corrected chi connectivity index (χ4v) is 1.85. The molecule has 5 heteroatoms. The lowest BCUT2D eigenvalue weighted by Crippen LogP contribution is -1.96. The summed E-state index contributed by atoms with van der Waals surface area (Å²) in [6.45, 7) is 0. The molecule has 2 rings (SSSR count). The van der Waals surface area contributed by atoms with Crippen molar-refractivity contribution in [2.45, 2.75) is 6.42 Å². The average Bonchev–Trinajstić information content (AvgIpc) is 2.42. The van der Waals surface area contributed by atoms with Crippen molar-refractivity contribution < 1.29 is 14.8 Å². The maximum absolute atomic E-state index is 10.8. The van der Waals surface area contributed by atoms with Crippen LogP contribution in [0, 0.1) is 10.1 Å². The number of hydrogen-bond donors (Lipinski definition) is 1. The number of rotatable bonds is 4. The van der Waals surface area contributed by atoms with E-state index < -0.39 is 4.92 Å². The minimum Gasteiger partial charge on any atom is -0.507 e. The van der Waals surface area contributed by atoms with E-state index >= 15 is 0 Å². The molecule has 0 aromatic heterocycles. The number of nitro groups is 1. The minimum atomic E-state index is -0.582. The van der Waals surface area contributed by atoms with Crippen LogP contribution >= 0.6 is 0 Å². The molecule has 0 heterocycles. The number of non-ortho nitro benzene ring substituents is 1. The van der Waals surface area contributed by atoms with Gasteiger partial charge in [-0.2, -0.15) is 0 Å². The highest BCUT2D eigenvalue weighted by Gasteiger charge is 2.15. The number of hydrogen-bond acceptors (Lipinski definition) is 4. The highest BCUT2D eigenvalue weighted by molar-refractivity contribution is 5.81. The van der Waals surface area contributed by atoms with Gasteiger partial charge < -0.3 is 5.11 Å². The molecule has 0 saturated carbocycles. The quantitative estimate of drug-likeness (QED) is 0.518. The van der Waals surface area contributed by atoms with Gasteiger partial charge in [-0.1, -0.05) is 30.3 Å². The Morgan fingerprint density at radius 1 is 1.21 bits per heavy atom. The van der Waals surface area contributed by atoms with E-state index in [1.54, 1.807) is 0 Å². The minimum absolute atomic E-state index is 0.0693. The zero-order valence-electron chi connectivity index (χ0n) is 9.95. The molecule has 5 nitrogen and oxygen atoms in total. The summed E-state index contributed by atoms with van der Waals surface area (Å²) < 4.78 is 0. The normalized spacial score (nSPS) is 10.1. The van der Waals surface area contributed by atoms with Gasteiger partial charge >= 0.3 is 0 Å². The van der Waals surface area contributed by atoms with Gasteiger partial charge in [0, 0.05) is 24.1 Å². The molecular weight excluding hydrogens is 246 g/mol. The fourth-order valence-electron chi connectivity index (χ4n) is 1.85. The van der Waals surface area contributed by atoms with Crippen molar-refractivity contribution in [2.24, 2.45) is 0 Å². The third-order valence-electron chi connectivity index (χ3n) is 2.78. The topological polar surface area (TPSA) is 80.4 Å². The first-order valence-corrected chi connectivity index (χ1v) is 5.61. The van der Waals surface area contributed by atoms with E-state index in [2.05, 4.69) is 0 Å². The standard InChI is InChI=1S/C14H11NO4/c16-9-12-8-13(15(18)19)7-11(14(12)17)6-10-4-2-1-3-5-10/h1-5,7-9,17H,6H2. The van der Waals surface area contributed by atoms with Crippen molar-refractivity contribution in [1.29, 1.82) is 0 Å². The third kappa shape index (κ3) is 2.77. The van der Waals surface area contributed by atoms with Gasteiger partial charge in [0.25, 0.3) is 5.69 Å². The Hall–Kier alpha value is -2.69. The Balaban J connectivity index is 2.47. The average molecular weight is 257 g/mol. The molecule has 0 aliphatic rings. The van der Waals surface area contributed by atoms with Gasteiger partial charge in [-0.3, -0.25) is 14.9 Å². The SMILES string of the molecule is O=Cc1cc([N+](=O)[O-])cc(Cc2ccccc2)c1O. The van der Waals surface area contributed by atoms with Crippen LogP contribution in [0.2, 0.25) is 0 Å². The Morgan fingerprint density at radius 2 is 1.89 bits per heavy atom. The molecule has 19 heavy (non-hydrogen) atoms. The lowest BCUT2D eigenvalue weighted by Gasteiger charge is -2.07. The first-order chi connectivity index (χ1) is 9.11. The Morgan fingerprint density at radius 3 is 2.47 bits per heavy atom. The van der Waals surface area contributed by atoms with Crippen molar-refractivity contribution in [3.63, 3.8) is 0 Å². The molecule has 0 radical (unpaired) electrons. The Kier molecular flexibility index (Phi) is 3.56. The lowest BCUT2D eigenvalue weighted by molar-refractivity contribution is -0.384. The van der Waals surface area contributed by atoms with Gasteiger partial charge in [0.2, 0.25) is 0 Å². The zero-order valence-corrected chi connectivity index (χ0v) is 9.95. The summed E-state index contributed by atoms with van der Waals surface area (Å²) in [6, 6.07) is 11.6. The van der Waals surface area contributed by atoms with Crippen LogP contribution in [0.4, 0.5) is 5.69 Å². The lowest BCUT2D eigenvalue weighted by atomic mass is 10.0. The number of nitrogens with zero attached hydrogens (tertiary/aromatic N) is 1. The maximum atomic E-state index is 10.8. The van der Waals surface area contributed by atoms with Crippen molar-refractivity contribution in [3.8, 4) is 5.75 Å². The molecule has 0 amide bonds. The molecule has 1 N–H and O–H groups in total. The van der Waals surface area contributed by atoms with Crippen LogP contribution in [0.1, 0.15) is 21.5 Å². The number of aldehydes is 1. The van der Waals surface area contributed by atoms with E-state index in [-0.39, 0.29) is 17.0 Å². The number of nitro benzene ring substituents is 1. The maximum Gasteiger partial charge on any atom is 0.270 e. The summed E-state index contributed by atoms with van der Waals surface area (Å²) in [6.07, 6.45) is 0.742. The largest absolute Gasteiger partial charge is 0.507 e. The molecule has 0 bridgehead atoms. The smallest absolute Gasteiger partial charge is 0.270 e. The summed E-state index contributed by atoms with van der Waals surface area (Å²) in [5.74, 6) is -0.204. The van der Waals surface area contributed by atoms with E-state index in [0.29, 0.717) is 18.3 Å². The molecule has 96 valence electrons. The van der Waals surface area contributed by atoms with Crippen LogP contribution < -0.4 is 0 Å². The second-order valence-corrected chi connectivity index (χ2v) is 4.08. The highest BCUT2D eigenvalue weighted by atomic mass is 16.6. The van der Waals surface area contributed by atoms with E-state index in [4.69, 9.17) is 0 Å². The number of aromatic hydroxyl groups is 1. The van der Waals surface area contributed by atoms with Crippen molar-refractivity contribution in [1.82, 2.24) is 0 Å². The Labute approximate surface area is 109 Å². The molecule has 0 spiro atoms.